The molecular formula is C43H32N4O. The highest BCUT2D eigenvalue weighted by Gasteiger charge is 2.23. The number of aromatic nitrogens is 2. The van der Waals surface area contributed by atoms with Gasteiger partial charge in [-0.25, -0.2) is 0 Å². The molecule has 0 amide bonds. The molecule has 0 radical (unpaired) electrons. The van der Waals surface area contributed by atoms with Gasteiger partial charge in [0.1, 0.15) is 5.52 Å². The van der Waals surface area contributed by atoms with Crippen LogP contribution in [-0.2, 0) is 0 Å². The number of hydrogen-bond acceptors (Lipinski definition) is 3. The number of para-hydroxylation sites is 2. The molecule has 48 heavy (non-hydrogen) atoms. The van der Waals surface area contributed by atoms with Crippen molar-refractivity contribution in [1.82, 2.24) is 14.3 Å². The molecule has 10 rings (SSSR count). The fourth-order valence-corrected chi connectivity index (χ4v) is 7.68. The van der Waals surface area contributed by atoms with Crippen molar-refractivity contribution < 1.29 is 4.42 Å². The lowest BCUT2D eigenvalue weighted by Crippen LogP contribution is -2.22. The maximum Gasteiger partial charge on any atom is 0.201 e. The Kier molecular flexibility index (Phi) is 5.91. The van der Waals surface area contributed by atoms with Crippen molar-refractivity contribution in [3.63, 3.8) is 0 Å². The number of fused-ring (bicyclic) bond motifs is 7. The molecule has 5 nitrogen and oxygen atoms in total. The zero-order valence-electron chi connectivity index (χ0n) is 26.4. The Balaban J connectivity index is 1.24. The highest BCUT2D eigenvalue weighted by Crippen LogP contribution is 2.43. The van der Waals surface area contributed by atoms with Crippen LogP contribution in [0.15, 0.2) is 137 Å². The molecule has 0 bridgehead atoms. The molecule has 0 spiro atoms. The minimum absolute atomic E-state index is 0.739. The van der Waals surface area contributed by atoms with Crippen molar-refractivity contribution in [3.05, 3.63) is 145 Å². The summed E-state index contributed by atoms with van der Waals surface area (Å²) in [5, 5.41) is 8.42. The van der Waals surface area contributed by atoms with Crippen molar-refractivity contribution in [2.24, 2.45) is 4.99 Å². The third-order valence-corrected chi connectivity index (χ3v) is 9.88. The molecule has 8 aromatic rings. The Labute approximate surface area is 277 Å². The fourth-order valence-electron chi connectivity index (χ4n) is 7.68. The smallest absolute Gasteiger partial charge is 0.201 e. The lowest BCUT2D eigenvalue weighted by molar-refractivity contribution is 0.552. The normalized spacial score (nSPS) is 14.8. The van der Waals surface area contributed by atoms with Crippen LogP contribution in [0.3, 0.4) is 0 Å². The first-order chi connectivity index (χ1) is 23.8. The molecule has 0 fully saturated rings. The quantitative estimate of drug-likeness (QED) is 0.143. The van der Waals surface area contributed by atoms with Crippen LogP contribution in [0, 0.1) is 0 Å². The monoisotopic (exact) mass is 620 g/mol. The summed E-state index contributed by atoms with van der Waals surface area (Å²) in [6.45, 7) is 5.56. The van der Waals surface area contributed by atoms with Crippen molar-refractivity contribution >= 4 is 66.7 Å². The van der Waals surface area contributed by atoms with Crippen LogP contribution in [-0.4, -0.2) is 27.8 Å². The molecule has 5 heteroatoms. The molecule has 0 atom stereocenters. The third-order valence-electron chi connectivity index (χ3n) is 9.88. The number of nitrogens with one attached hydrogen (secondary N) is 1. The first-order valence-corrected chi connectivity index (χ1v) is 16.7. The van der Waals surface area contributed by atoms with Gasteiger partial charge in [0.2, 0.25) is 5.55 Å². The Hall–Kier alpha value is -6.07. The number of aliphatic imine (C=N–C) groups is 1. The Morgan fingerprint density at radius 1 is 0.771 bits per heavy atom. The van der Waals surface area contributed by atoms with Gasteiger partial charge < -0.3 is 14.3 Å². The van der Waals surface area contributed by atoms with Gasteiger partial charge in [-0.3, -0.25) is 9.39 Å². The predicted octanol–water partition coefficient (Wildman–Crippen LogP) is 9.37. The van der Waals surface area contributed by atoms with E-state index in [4.69, 9.17) is 9.41 Å². The molecule has 5 heterocycles. The fraction of sp³-hybridized carbons (Fsp3) is 0.0930. The minimum atomic E-state index is 0.739. The van der Waals surface area contributed by atoms with Crippen LogP contribution in [0.5, 0.6) is 0 Å². The molecule has 230 valence electrons. The summed E-state index contributed by atoms with van der Waals surface area (Å²) in [4.78, 5) is 4.74. The van der Waals surface area contributed by atoms with Gasteiger partial charge in [0.15, 0.2) is 5.58 Å². The number of allylic oxidation sites excluding steroid dienone is 2. The average Bonchev–Trinajstić information content (AvgIpc) is 3.89. The van der Waals surface area contributed by atoms with Gasteiger partial charge in [0, 0.05) is 51.1 Å². The zero-order valence-corrected chi connectivity index (χ0v) is 26.4. The molecule has 0 unspecified atom stereocenters. The van der Waals surface area contributed by atoms with Crippen molar-refractivity contribution in [1.29, 1.82) is 0 Å². The first kappa shape index (κ1) is 27.1. The number of unbranched alkanes of at least 4 members (excludes halogenated alkanes) is 1. The summed E-state index contributed by atoms with van der Waals surface area (Å²) >= 11 is 0. The topological polar surface area (TPSA) is 46.9 Å². The Morgan fingerprint density at radius 3 is 2.35 bits per heavy atom. The molecule has 2 aliphatic heterocycles. The highest BCUT2D eigenvalue weighted by molar-refractivity contribution is 6.31. The molecule has 0 saturated carbocycles. The third kappa shape index (κ3) is 3.94. The van der Waals surface area contributed by atoms with Gasteiger partial charge in [-0.1, -0.05) is 60.7 Å². The van der Waals surface area contributed by atoms with E-state index >= 15 is 0 Å². The molecule has 1 N–H and O–H groups in total. The van der Waals surface area contributed by atoms with E-state index in [1.165, 1.54) is 43.9 Å². The van der Waals surface area contributed by atoms with Crippen LogP contribution in [0.1, 0.15) is 24.0 Å². The van der Waals surface area contributed by atoms with Gasteiger partial charge in [-0.15, -0.1) is 6.58 Å². The van der Waals surface area contributed by atoms with E-state index < -0.39 is 0 Å². The van der Waals surface area contributed by atoms with Crippen molar-refractivity contribution in [3.8, 4) is 16.8 Å². The highest BCUT2D eigenvalue weighted by atomic mass is 16.3. The van der Waals surface area contributed by atoms with E-state index in [0.29, 0.717) is 0 Å². The molecule has 0 saturated heterocycles. The van der Waals surface area contributed by atoms with Crippen molar-refractivity contribution in [2.45, 2.75) is 12.8 Å². The summed E-state index contributed by atoms with van der Waals surface area (Å²) in [5.74, 6) is 0. The number of hydrogen-bond donors (Lipinski definition) is 1. The number of oxazole rings is 1. The molecule has 3 aromatic heterocycles. The van der Waals surface area contributed by atoms with Gasteiger partial charge in [0.25, 0.3) is 0 Å². The maximum absolute atomic E-state index is 6.67. The summed E-state index contributed by atoms with van der Waals surface area (Å²) in [6, 6.07) is 35.5. The van der Waals surface area contributed by atoms with E-state index in [9.17, 15) is 0 Å². The van der Waals surface area contributed by atoms with Crippen LogP contribution >= 0.6 is 0 Å². The lowest BCUT2D eigenvalue weighted by Gasteiger charge is -2.20. The second-order valence-corrected chi connectivity index (χ2v) is 12.7. The first-order valence-electron chi connectivity index (χ1n) is 16.7. The number of benzene rings is 5. The predicted molar refractivity (Wildman–Crippen MR) is 200 cm³/mol. The SMILES string of the molecule is C=CCC/C=c1/oc2cc3c(c4ccccc4n3-c3cccc(-c4cc(C5=CCN5)cc(C5=NCC=C5)c4)c3)c3c4ccccc4n1c23. The minimum Gasteiger partial charge on any atom is -0.438 e. The van der Waals surface area contributed by atoms with Crippen LogP contribution in [0.4, 0.5) is 0 Å². The summed E-state index contributed by atoms with van der Waals surface area (Å²) in [6.07, 6.45) is 12.4. The van der Waals surface area contributed by atoms with E-state index in [-0.39, 0.29) is 0 Å². The Morgan fingerprint density at radius 2 is 1.56 bits per heavy atom. The van der Waals surface area contributed by atoms with Gasteiger partial charge in [0.05, 0.1) is 28.8 Å². The zero-order chi connectivity index (χ0) is 31.8. The standard InChI is InChI=1S/C43H32N4O/c1-2-3-4-18-40-47-37-17-8-6-14-33(37)42-41-32-13-5-7-16-36(32)46(38(41)26-39(48-40)43(42)47)31-12-9-11-27(25-31)28-22-29(34-15-10-20-44-34)24-30(23-28)35-19-21-45-35/h2,5-19,22-26,45H,1,3-4,20-21H2/b40-18+. The summed E-state index contributed by atoms with van der Waals surface area (Å²) in [7, 11) is 0. The molecular weight excluding hydrogens is 589 g/mol. The maximum atomic E-state index is 6.67. The van der Waals surface area contributed by atoms with Gasteiger partial charge in [-0.2, -0.15) is 0 Å². The average molecular weight is 621 g/mol. The Bertz CT molecular complexity index is 2780. The van der Waals surface area contributed by atoms with E-state index in [2.05, 4.69) is 142 Å². The lowest BCUT2D eigenvalue weighted by atomic mass is 9.95. The van der Waals surface area contributed by atoms with Gasteiger partial charge in [-0.05, 0) is 90.2 Å². The second kappa shape index (κ2) is 10.5. The van der Waals surface area contributed by atoms with Gasteiger partial charge >= 0.3 is 0 Å². The summed E-state index contributed by atoms with van der Waals surface area (Å²) in [5.41, 5.74) is 14.4. The van der Waals surface area contributed by atoms with E-state index in [0.717, 1.165) is 76.1 Å². The summed E-state index contributed by atoms with van der Waals surface area (Å²) < 4.78 is 11.4. The largest absolute Gasteiger partial charge is 0.438 e. The molecule has 5 aromatic carbocycles. The molecule has 2 aliphatic rings. The second-order valence-electron chi connectivity index (χ2n) is 12.7. The molecule has 0 aliphatic carbocycles. The van der Waals surface area contributed by atoms with Crippen LogP contribution < -0.4 is 10.9 Å². The van der Waals surface area contributed by atoms with Crippen molar-refractivity contribution in [2.75, 3.05) is 13.1 Å². The number of rotatable bonds is 7. The van der Waals surface area contributed by atoms with Crippen LogP contribution in [0.2, 0.25) is 0 Å². The number of nitrogens with zero attached hydrogens (tertiary/aromatic N) is 3. The van der Waals surface area contributed by atoms with E-state index in [1.807, 2.05) is 6.08 Å². The van der Waals surface area contributed by atoms with E-state index in [1.54, 1.807) is 0 Å². The van der Waals surface area contributed by atoms with Crippen LogP contribution in [0.25, 0.3) is 77.8 Å².